The molecule has 0 nitrogen and oxygen atoms in total. The minimum atomic E-state index is 0.927. The normalized spacial score (nSPS) is 33.6. The molecule has 0 bridgehead atoms. The van der Waals surface area contributed by atoms with Crippen LogP contribution in [0, 0.1) is 17.8 Å². The van der Waals surface area contributed by atoms with E-state index in [0.717, 1.165) is 17.8 Å². The van der Waals surface area contributed by atoms with Gasteiger partial charge in [0, 0.05) is 0 Å². The van der Waals surface area contributed by atoms with Crippen LogP contribution in [0.3, 0.4) is 0 Å². The highest BCUT2D eigenvalue weighted by Gasteiger charge is 2.24. The number of hydrogen-bond donors (Lipinski definition) is 0. The van der Waals surface area contributed by atoms with Gasteiger partial charge in [0.05, 0.1) is 0 Å². The first-order valence-electron chi connectivity index (χ1n) is 4.74. The maximum absolute atomic E-state index is 2.36. The van der Waals surface area contributed by atoms with E-state index in [4.69, 9.17) is 0 Å². The van der Waals surface area contributed by atoms with Crippen LogP contribution in [-0.4, -0.2) is 0 Å². The highest BCUT2D eigenvalue weighted by Crippen LogP contribution is 2.36. The van der Waals surface area contributed by atoms with Gasteiger partial charge in [0.15, 0.2) is 0 Å². The van der Waals surface area contributed by atoms with Crippen LogP contribution in [0.4, 0.5) is 0 Å². The molecule has 0 aromatic carbocycles. The molecule has 1 fully saturated rings. The summed E-state index contributed by atoms with van der Waals surface area (Å²) in [5, 5.41) is 0. The summed E-state index contributed by atoms with van der Waals surface area (Å²) >= 11 is 0. The van der Waals surface area contributed by atoms with Gasteiger partial charge in [-0.3, -0.25) is 0 Å². The van der Waals surface area contributed by atoms with Crippen molar-refractivity contribution >= 4 is 0 Å². The molecule has 0 heteroatoms. The van der Waals surface area contributed by atoms with E-state index in [-0.39, 0.29) is 0 Å². The lowest BCUT2D eigenvalue weighted by Crippen LogP contribution is -2.03. The molecule has 0 radical (unpaired) electrons. The zero-order valence-electron chi connectivity index (χ0n) is 7.56. The molecule has 1 aliphatic rings. The molecule has 0 aromatic heterocycles. The van der Waals surface area contributed by atoms with Crippen molar-refractivity contribution in [3.8, 4) is 0 Å². The minimum Gasteiger partial charge on any atom is -0.0651 e. The molecule has 1 saturated carbocycles. The van der Waals surface area contributed by atoms with E-state index in [0.29, 0.717) is 0 Å². The van der Waals surface area contributed by atoms with Gasteiger partial charge in [-0.25, -0.2) is 0 Å². The fourth-order valence-electron chi connectivity index (χ4n) is 2.09. The molecule has 10 heavy (non-hydrogen) atoms. The monoisotopic (exact) mass is 140 g/mol. The Morgan fingerprint density at radius 2 is 2.00 bits per heavy atom. The molecule has 1 rings (SSSR count). The van der Waals surface area contributed by atoms with E-state index < -0.39 is 0 Å². The third kappa shape index (κ3) is 1.74. The largest absolute Gasteiger partial charge is 0.0651 e. The highest BCUT2D eigenvalue weighted by molar-refractivity contribution is 4.76. The lowest BCUT2D eigenvalue weighted by atomic mass is 9.93. The Morgan fingerprint density at radius 1 is 1.30 bits per heavy atom. The van der Waals surface area contributed by atoms with Gasteiger partial charge >= 0.3 is 0 Å². The van der Waals surface area contributed by atoms with Gasteiger partial charge in [-0.05, 0) is 30.6 Å². The van der Waals surface area contributed by atoms with E-state index in [1.54, 1.807) is 0 Å². The zero-order valence-corrected chi connectivity index (χ0v) is 7.56. The van der Waals surface area contributed by atoms with Gasteiger partial charge in [0.2, 0.25) is 0 Å². The van der Waals surface area contributed by atoms with Crippen LogP contribution in [0.1, 0.15) is 46.5 Å². The van der Waals surface area contributed by atoms with Crippen molar-refractivity contribution in [3.63, 3.8) is 0 Å². The van der Waals surface area contributed by atoms with Crippen LogP contribution in [0.5, 0.6) is 0 Å². The van der Waals surface area contributed by atoms with Crippen molar-refractivity contribution in [2.24, 2.45) is 17.8 Å². The second-order valence-corrected chi connectivity index (χ2v) is 4.09. The summed E-state index contributed by atoms with van der Waals surface area (Å²) in [6, 6.07) is 0. The summed E-state index contributed by atoms with van der Waals surface area (Å²) in [5.41, 5.74) is 0. The molecule has 0 saturated heterocycles. The fraction of sp³-hybridized carbons (Fsp3) is 1.00. The number of hydrogen-bond acceptors (Lipinski definition) is 0. The first kappa shape index (κ1) is 8.10. The summed E-state index contributed by atoms with van der Waals surface area (Å²) in [6.07, 6.45) is 5.91. The predicted molar refractivity (Wildman–Crippen MR) is 46.0 cm³/mol. The molecule has 0 spiro atoms. The van der Waals surface area contributed by atoms with Crippen LogP contribution >= 0.6 is 0 Å². The van der Waals surface area contributed by atoms with E-state index in [1.165, 1.54) is 25.7 Å². The standard InChI is InChI=1S/C10H20/c1-4-9-5-6-10(7-9)8(2)3/h8-10H,4-7H2,1-3H3/t9-,10?/m0/s1. The predicted octanol–water partition coefficient (Wildman–Crippen LogP) is 3.47. The summed E-state index contributed by atoms with van der Waals surface area (Å²) in [6.45, 7) is 7.05. The van der Waals surface area contributed by atoms with Gasteiger partial charge in [-0.2, -0.15) is 0 Å². The SMILES string of the molecule is CC[C@H]1CCC(C(C)C)C1. The van der Waals surface area contributed by atoms with Gasteiger partial charge in [-0.15, -0.1) is 0 Å². The average Bonchev–Trinajstić information content (AvgIpc) is 2.34. The van der Waals surface area contributed by atoms with Crippen LogP contribution in [0.2, 0.25) is 0 Å². The van der Waals surface area contributed by atoms with Crippen molar-refractivity contribution in [2.75, 3.05) is 0 Å². The quantitative estimate of drug-likeness (QED) is 0.551. The molecule has 0 amide bonds. The number of rotatable bonds is 2. The van der Waals surface area contributed by atoms with Crippen LogP contribution < -0.4 is 0 Å². The van der Waals surface area contributed by atoms with Crippen molar-refractivity contribution in [2.45, 2.75) is 46.5 Å². The third-order valence-electron chi connectivity index (χ3n) is 3.10. The summed E-state index contributed by atoms with van der Waals surface area (Å²) in [4.78, 5) is 0. The van der Waals surface area contributed by atoms with Gasteiger partial charge in [0.25, 0.3) is 0 Å². The lowest BCUT2D eigenvalue weighted by molar-refractivity contribution is 0.376. The van der Waals surface area contributed by atoms with Crippen molar-refractivity contribution in [3.05, 3.63) is 0 Å². The maximum atomic E-state index is 2.36. The Hall–Kier alpha value is 0. The molecule has 2 atom stereocenters. The Balaban J connectivity index is 2.28. The van der Waals surface area contributed by atoms with E-state index in [9.17, 15) is 0 Å². The summed E-state index contributed by atoms with van der Waals surface area (Å²) < 4.78 is 0. The second kappa shape index (κ2) is 3.41. The molecule has 0 aromatic rings. The van der Waals surface area contributed by atoms with Crippen molar-refractivity contribution in [1.82, 2.24) is 0 Å². The molecule has 0 N–H and O–H groups in total. The van der Waals surface area contributed by atoms with Crippen molar-refractivity contribution in [1.29, 1.82) is 0 Å². The molecule has 0 heterocycles. The molecule has 1 unspecified atom stereocenters. The molecule has 0 aliphatic heterocycles. The molecule has 1 aliphatic carbocycles. The van der Waals surface area contributed by atoms with Crippen LogP contribution in [0.25, 0.3) is 0 Å². The first-order chi connectivity index (χ1) is 4.74. The first-order valence-corrected chi connectivity index (χ1v) is 4.74. The van der Waals surface area contributed by atoms with E-state index >= 15 is 0 Å². The Morgan fingerprint density at radius 3 is 2.30 bits per heavy atom. The average molecular weight is 140 g/mol. The maximum Gasteiger partial charge on any atom is -0.0388 e. The third-order valence-corrected chi connectivity index (χ3v) is 3.10. The summed E-state index contributed by atoms with van der Waals surface area (Å²) in [7, 11) is 0. The Bertz CT molecular complexity index is 94.2. The van der Waals surface area contributed by atoms with Gasteiger partial charge < -0.3 is 0 Å². The Kier molecular flexibility index (Phi) is 2.76. The van der Waals surface area contributed by atoms with Gasteiger partial charge in [-0.1, -0.05) is 33.6 Å². The van der Waals surface area contributed by atoms with Gasteiger partial charge in [0.1, 0.15) is 0 Å². The molecule has 60 valence electrons. The second-order valence-electron chi connectivity index (χ2n) is 4.09. The summed E-state index contributed by atoms with van der Waals surface area (Å²) in [5.74, 6) is 3.04. The van der Waals surface area contributed by atoms with E-state index in [1.807, 2.05) is 0 Å². The smallest absolute Gasteiger partial charge is 0.0388 e. The Labute approximate surface area is 65.0 Å². The van der Waals surface area contributed by atoms with E-state index in [2.05, 4.69) is 20.8 Å². The molecular formula is C10H20. The van der Waals surface area contributed by atoms with Crippen LogP contribution in [0.15, 0.2) is 0 Å². The topological polar surface area (TPSA) is 0 Å². The lowest BCUT2D eigenvalue weighted by Gasteiger charge is -2.13. The zero-order chi connectivity index (χ0) is 7.56. The van der Waals surface area contributed by atoms with Crippen LogP contribution in [-0.2, 0) is 0 Å². The minimum absolute atomic E-state index is 0.927. The fourth-order valence-corrected chi connectivity index (χ4v) is 2.09. The highest BCUT2D eigenvalue weighted by atomic mass is 14.3. The van der Waals surface area contributed by atoms with Crippen molar-refractivity contribution < 1.29 is 0 Å². The molecular weight excluding hydrogens is 120 g/mol.